The second-order valence-corrected chi connectivity index (χ2v) is 11.1. The van der Waals surface area contributed by atoms with Crippen molar-refractivity contribution in [2.24, 2.45) is 0 Å². The van der Waals surface area contributed by atoms with Crippen molar-refractivity contribution in [3.8, 4) is 5.75 Å². The highest BCUT2D eigenvalue weighted by molar-refractivity contribution is 7.19. The minimum Gasteiger partial charge on any atom is -0.490 e. The van der Waals surface area contributed by atoms with Gasteiger partial charge in [0.25, 0.3) is 0 Å². The smallest absolute Gasteiger partial charge is 0.126 e. The summed E-state index contributed by atoms with van der Waals surface area (Å²) < 4.78 is 7.26. The number of aliphatic hydroxyl groups excluding tert-OH is 1. The highest BCUT2D eigenvalue weighted by Gasteiger charge is 2.22. The van der Waals surface area contributed by atoms with Crippen LogP contribution in [0.25, 0.3) is 33.1 Å². The van der Waals surface area contributed by atoms with Gasteiger partial charge in [0.1, 0.15) is 23.5 Å². The summed E-state index contributed by atoms with van der Waals surface area (Å²) in [6.07, 6.45) is 5.77. The standard InChI is InChI=1S/C33H32N2O2S/c36-29(22-35-19-17-25(18-20-35)28-14-13-24-7-1-2-9-27(24)21-28)23-37-31-11-5-3-8-26(31)15-16-33-34-30-10-4-6-12-32(30)38-33/h1-16,21,25,29,36H,17-20,22-23H2/b16-15+. The lowest BCUT2D eigenvalue weighted by atomic mass is 9.88. The van der Waals surface area contributed by atoms with Crippen LogP contribution >= 0.6 is 11.3 Å². The third kappa shape index (κ3) is 5.81. The van der Waals surface area contributed by atoms with Crippen molar-refractivity contribution < 1.29 is 9.84 Å². The van der Waals surface area contributed by atoms with Crippen LogP contribution in [0.1, 0.15) is 34.9 Å². The maximum atomic E-state index is 10.8. The number of benzene rings is 4. The van der Waals surface area contributed by atoms with Crippen molar-refractivity contribution in [3.63, 3.8) is 0 Å². The quantitative estimate of drug-likeness (QED) is 0.234. The molecule has 4 nitrogen and oxygen atoms in total. The van der Waals surface area contributed by atoms with Crippen LogP contribution in [-0.2, 0) is 0 Å². The van der Waals surface area contributed by atoms with Crippen LogP contribution in [0.5, 0.6) is 5.75 Å². The number of fused-ring (bicyclic) bond motifs is 2. The summed E-state index contributed by atoms with van der Waals surface area (Å²) in [7, 11) is 0. The second-order valence-electron chi connectivity index (χ2n) is 10.0. The average Bonchev–Trinajstić information content (AvgIpc) is 3.39. The summed E-state index contributed by atoms with van der Waals surface area (Å²) in [6, 6.07) is 31.6. The van der Waals surface area contributed by atoms with E-state index in [1.54, 1.807) is 11.3 Å². The van der Waals surface area contributed by atoms with Gasteiger partial charge in [0.2, 0.25) is 0 Å². The van der Waals surface area contributed by atoms with Crippen molar-refractivity contribution in [1.29, 1.82) is 0 Å². The van der Waals surface area contributed by atoms with E-state index in [9.17, 15) is 5.11 Å². The Labute approximate surface area is 227 Å². The van der Waals surface area contributed by atoms with Crippen LogP contribution in [0.3, 0.4) is 0 Å². The van der Waals surface area contributed by atoms with E-state index in [1.807, 2.05) is 54.6 Å². The Hall–Kier alpha value is -3.51. The Kier molecular flexibility index (Phi) is 7.49. The summed E-state index contributed by atoms with van der Waals surface area (Å²) in [5.74, 6) is 1.36. The maximum Gasteiger partial charge on any atom is 0.126 e. The first kappa shape index (κ1) is 24.8. The average molecular weight is 521 g/mol. The van der Waals surface area contributed by atoms with Crippen LogP contribution in [-0.4, -0.2) is 47.3 Å². The Balaban J connectivity index is 1.01. The first-order valence-corrected chi connectivity index (χ1v) is 14.2. The van der Waals surface area contributed by atoms with E-state index in [1.165, 1.54) is 21.0 Å². The highest BCUT2D eigenvalue weighted by Crippen LogP contribution is 2.30. The molecule has 4 aromatic carbocycles. The number of rotatable bonds is 8. The van der Waals surface area contributed by atoms with Crippen LogP contribution in [0.15, 0.2) is 91.0 Å². The van der Waals surface area contributed by atoms with Crippen molar-refractivity contribution in [3.05, 3.63) is 107 Å². The van der Waals surface area contributed by atoms with E-state index in [2.05, 4.69) is 58.4 Å². The largest absolute Gasteiger partial charge is 0.490 e. The first-order valence-electron chi connectivity index (χ1n) is 13.4. The summed E-state index contributed by atoms with van der Waals surface area (Å²) >= 11 is 1.67. The summed E-state index contributed by atoms with van der Waals surface area (Å²) in [6.45, 7) is 2.90. The number of ether oxygens (including phenoxy) is 1. The Morgan fingerprint density at radius 1 is 0.895 bits per heavy atom. The van der Waals surface area contributed by atoms with Gasteiger partial charge in [-0.1, -0.05) is 72.8 Å². The van der Waals surface area contributed by atoms with Gasteiger partial charge in [-0.3, -0.25) is 0 Å². The van der Waals surface area contributed by atoms with E-state index in [4.69, 9.17) is 4.74 Å². The number of likely N-dealkylation sites (tertiary alicyclic amines) is 1. The third-order valence-electron chi connectivity index (χ3n) is 7.37. The molecule has 1 aliphatic rings. The fourth-order valence-electron chi connectivity index (χ4n) is 5.32. The Bertz CT molecular complexity index is 1520. The monoisotopic (exact) mass is 520 g/mol. The molecule has 38 heavy (non-hydrogen) atoms. The number of piperidine rings is 1. The number of aliphatic hydroxyl groups is 1. The van der Waals surface area contributed by atoms with Gasteiger partial charge in [-0.25, -0.2) is 4.98 Å². The molecule has 5 aromatic rings. The molecule has 6 rings (SSSR count). The molecule has 5 heteroatoms. The molecule has 0 spiro atoms. The van der Waals surface area contributed by atoms with Gasteiger partial charge in [-0.15, -0.1) is 11.3 Å². The molecule has 2 heterocycles. The molecule has 0 bridgehead atoms. The zero-order valence-electron chi connectivity index (χ0n) is 21.4. The highest BCUT2D eigenvalue weighted by atomic mass is 32.1. The summed E-state index contributed by atoms with van der Waals surface area (Å²) in [5, 5.41) is 14.3. The predicted octanol–water partition coefficient (Wildman–Crippen LogP) is 7.24. The number of para-hydroxylation sites is 2. The number of β-amino-alcohol motifs (C(OH)–C–C–N with tert-alkyl or cyclic N) is 1. The molecular weight excluding hydrogens is 488 g/mol. The van der Waals surface area contributed by atoms with Crippen LogP contribution in [0.4, 0.5) is 0 Å². The fourth-order valence-corrected chi connectivity index (χ4v) is 6.19. The zero-order chi connectivity index (χ0) is 25.7. The number of thiazole rings is 1. The Morgan fingerprint density at radius 3 is 2.53 bits per heavy atom. The molecule has 1 fully saturated rings. The maximum absolute atomic E-state index is 10.8. The van der Waals surface area contributed by atoms with Crippen molar-refractivity contribution in [2.45, 2.75) is 24.9 Å². The minimum atomic E-state index is -0.534. The van der Waals surface area contributed by atoms with Crippen molar-refractivity contribution in [1.82, 2.24) is 9.88 Å². The molecular formula is C33H32N2O2S. The summed E-state index contributed by atoms with van der Waals surface area (Å²) in [4.78, 5) is 7.05. The lowest BCUT2D eigenvalue weighted by molar-refractivity contribution is 0.0594. The van der Waals surface area contributed by atoms with Gasteiger partial charge >= 0.3 is 0 Å². The number of hydrogen-bond acceptors (Lipinski definition) is 5. The molecule has 0 radical (unpaired) electrons. The predicted molar refractivity (Wildman–Crippen MR) is 159 cm³/mol. The van der Waals surface area contributed by atoms with E-state index in [-0.39, 0.29) is 6.61 Å². The molecule has 1 saturated heterocycles. The molecule has 1 atom stereocenters. The van der Waals surface area contributed by atoms with Gasteiger partial charge in [-0.2, -0.15) is 0 Å². The third-order valence-corrected chi connectivity index (χ3v) is 8.37. The topological polar surface area (TPSA) is 45.6 Å². The molecule has 192 valence electrons. The van der Waals surface area contributed by atoms with Crippen LogP contribution in [0.2, 0.25) is 0 Å². The molecule has 1 unspecified atom stereocenters. The van der Waals surface area contributed by atoms with Gasteiger partial charge in [0.05, 0.1) is 10.2 Å². The first-order chi connectivity index (χ1) is 18.7. The van der Waals surface area contributed by atoms with Crippen molar-refractivity contribution >= 4 is 44.5 Å². The lowest BCUT2D eigenvalue weighted by Gasteiger charge is -2.33. The van der Waals surface area contributed by atoms with E-state index < -0.39 is 6.10 Å². The van der Waals surface area contributed by atoms with Crippen LogP contribution < -0.4 is 4.74 Å². The van der Waals surface area contributed by atoms with Gasteiger partial charge in [0, 0.05) is 12.1 Å². The zero-order valence-corrected chi connectivity index (χ0v) is 22.2. The molecule has 0 saturated carbocycles. The molecule has 0 aliphatic carbocycles. The lowest BCUT2D eigenvalue weighted by Crippen LogP contribution is -2.40. The fraction of sp³-hybridized carbons (Fsp3) is 0.242. The number of nitrogens with zero attached hydrogens (tertiary/aromatic N) is 2. The molecule has 1 aliphatic heterocycles. The Morgan fingerprint density at radius 2 is 1.66 bits per heavy atom. The molecule has 1 aromatic heterocycles. The van der Waals surface area contributed by atoms with E-state index in [0.29, 0.717) is 12.5 Å². The van der Waals surface area contributed by atoms with Crippen LogP contribution in [0, 0.1) is 0 Å². The normalized spacial score (nSPS) is 15.9. The number of aromatic nitrogens is 1. The molecule has 0 amide bonds. The number of hydrogen-bond donors (Lipinski definition) is 1. The molecule has 1 N–H and O–H groups in total. The second kappa shape index (κ2) is 11.5. The van der Waals surface area contributed by atoms with Gasteiger partial charge < -0.3 is 14.7 Å². The van der Waals surface area contributed by atoms with Gasteiger partial charge in [0.15, 0.2) is 0 Å². The SMILES string of the molecule is OC(COc1ccccc1/C=C/c1nc2ccccc2s1)CN1CCC(c2ccc3ccccc3c2)CC1. The van der Waals surface area contributed by atoms with Gasteiger partial charge in [-0.05, 0) is 78.5 Å². The summed E-state index contributed by atoms with van der Waals surface area (Å²) in [5.41, 5.74) is 3.43. The van der Waals surface area contributed by atoms with E-state index in [0.717, 1.165) is 47.8 Å². The van der Waals surface area contributed by atoms with Crippen molar-refractivity contribution in [2.75, 3.05) is 26.2 Å². The van der Waals surface area contributed by atoms with E-state index >= 15 is 0 Å². The minimum absolute atomic E-state index is 0.274.